The molecule has 1 aromatic heterocycles. The monoisotopic (exact) mass is 362 g/mol. The molecule has 1 atom stereocenters. The van der Waals surface area contributed by atoms with E-state index in [1.54, 1.807) is 13.8 Å². The standard InChI is InChI=1S/C12H12BrFN2O3S/c1-7-6-15-12(19-7)8(2)16-20(17,18)11-4-3-9(14)5-10(11)13/h3-6,8,16H,1-2H3. The molecule has 0 saturated heterocycles. The van der Waals surface area contributed by atoms with Gasteiger partial charge in [-0.1, -0.05) is 0 Å². The Morgan fingerprint density at radius 1 is 1.45 bits per heavy atom. The number of benzene rings is 1. The summed E-state index contributed by atoms with van der Waals surface area (Å²) in [5.74, 6) is 0.338. The van der Waals surface area contributed by atoms with Gasteiger partial charge in [-0.2, -0.15) is 4.72 Å². The van der Waals surface area contributed by atoms with Crippen LogP contribution in [0.4, 0.5) is 4.39 Å². The normalized spacial score (nSPS) is 13.4. The van der Waals surface area contributed by atoms with Crippen LogP contribution in [0.5, 0.6) is 0 Å². The molecule has 0 amide bonds. The Morgan fingerprint density at radius 2 is 2.15 bits per heavy atom. The van der Waals surface area contributed by atoms with Gasteiger partial charge in [-0.25, -0.2) is 17.8 Å². The van der Waals surface area contributed by atoms with E-state index in [1.807, 2.05) is 0 Å². The van der Waals surface area contributed by atoms with Crippen molar-refractivity contribution in [2.24, 2.45) is 0 Å². The number of aromatic nitrogens is 1. The SMILES string of the molecule is Cc1cnc(C(C)NS(=O)(=O)c2ccc(F)cc2Br)o1. The Balaban J connectivity index is 2.27. The minimum absolute atomic E-state index is 0.0472. The van der Waals surface area contributed by atoms with Crippen LogP contribution < -0.4 is 4.72 Å². The molecule has 8 heteroatoms. The molecule has 2 rings (SSSR count). The van der Waals surface area contributed by atoms with Gasteiger partial charge < -0.3 is 4.42 Å². The molecule has 1 aromatic carbocycles. The van der Waals surface area contributed by atoms with Crippen molar-refractivity contribution in [1.29, 1.82) is 0 Å². The average molecular weight is 363 g/mol. The first-order valence-corrected chi connectivity index (χ1v) is 7.97. The van der Waals surface area contributed by atoms with Crippen LogP contribution in [-0.4, -0.2) is 13.4 Å². The Morgan fingerprint density at radius 3 is 2.70 bits per heavy atom. The van der Waals surface area contributed by atoms with Crippen LogP contribution in [0.3, 0.4) is 0 Å². The van der Waals surface area contributed by atoms with E-state index in [-0.39, 0.29) is 15.3 Å². The molecule has 0 aliphatic heterocycles. The van der Waals surface area contributed by atoms with Crippen molar-refractivity contribution in [3.8, 4) is 0 Å². The second kappa shape index (κ2) is 5.63. The zero-order chi connectivity index (χ0) is 14.9. The third kappa shape index (κ3) is 3.25. The summed E-state index contributed by atoms with van der Waals surface area (Å²) in [7, 11) is -3.81. The van der Waals surface area contributed by atoms with Crippen LogP contribution in [0.1, 0.15) is 24.6 Å². The fraction of sp³-hybridized carbons (Fsp3) is 0.250. The van der Waals surface area contributed by atoms with Crippen LogP contribution in [0.25, 0.3) is 0 Å². The number of hydrogen-bond acceptors (Lipinski definition) is 4. The summed E-state index contributed by atoms with van der Waals surface area (Å²) in [6.45, 7) is 3.33. The van der Waals surface area contributed by atoms with Crippen molar-refractivity contribution >= 4 is 26.0 Å². The lowest BCUT2D eigenvalue weighted by Crippen LogP contribution is -2.27. The zero-order valence-electron chi connectivity index (χ0n) is 10.7. The van der Waals surface area contributed by atoms with Crippen LogP contribution in [0.15, 0.2) is 38.2 Å². The van der Waals surface area contributed by atoms with E-state index in [0.29, 0.717) is 5.76 Å². The molecule has 0 fully saturated rings. The van der Waals surface area contributed by atoms with E-state index in [2.05, 4.69) is 25.6 Å². The van der Waals surface area contributed by atoms with Gasteiger partial charge in [-0.05, 0) is 48.0 Å². The number of sulfonamides is 1. The lowest BCUT2D eigenvalue weighted by molar-refractivity contribution is 0.427. The molecule has 0 spiro atoms. The molecule has 20 heavy (non-hydrogen) atoms. The number of hydrogen-bond donors (Lipinski definition) is 1. The van der Waals surface area contributed by atoms with E-state index < -0.39 is 21.9 Å². The average Bonchev–Trinajstić information content (AvgIpc) is 2.74. The van der Waals surface area contributed by atoms with Gasteiger partial charge in [-0.3, -0.25) is 0 Å². The number of nitrogens with zero attached hydrogens (tertiary/aromatic N) is 1. The number of rotatable bonds is 4. The largest absolute Gasteiger partial charge is 0.444 e. The molecule has 0 aliphatic rings. The van der Waals surface area contributed by atoms with Crippen LogP contribution in [0, 0.1) is 12.7 Å². The fourth-order valence-corrected chi connectivity index (χ4v) is 3.86. The molecular weight excluding hydrogens is 351 g/mol. The molecule has 0 aliphatic carbocycles. The lowest BCUT2D eigenvalue weighted by atomic mass is 10.3. The van der Waals surface area contributed by atoms with E-state index in [1.165, 1.54) is 12.3 Å². The maximum absolute atomic E-state index is 13.0. The Hall–Kier alpha value is -1.25. The van der Waals surface area contributed by atoms with Crippen LogP contribution in [-0.2, 0) is 10.0 Å². The molecule has 0 saturated carbocycles. The van der Waals surface area contributed by atoms with E-state index in [9.17, 15) is 12.8 Å². The van der Waals surface area contributed by atoms with Gasteiger partial charge in [-0.15, -0.1) is 0 Å². The first-order valence-electron chi connectivity index (χ1n) is 5.69. The Bertz CT molecular complexity index is 730. The van der Waals surface area contributed by atoms with Crippen molar-refractivity contribution in [2.75, 3.05) is 0 Å². The molecule has 0 bridgehead atoms. The van der Waals surface area contributed by atoms with Crippen molar-refractivity contribution in [2.45, 2.75) is 24.8 Å². The third-order valence-corrected chi connectivity index (χ3v) is 5.04. The summed E-state index contributed by atoms with van der Waals surface area (Å²) < 4.78 is 45.3. The number of nitrogens with one attached hydrogen (secondary N) is 1. The highest BCUT2D eigenvalue weighted by molar-refractivity contribution is 9.10. The third-order valence-electron chi connectivity index (χ3n) is 2.52. The zero-order valence-corrected chi connectivity index (χ0v) is 13.1. The predicted molar refractivity (Wildman–Crippen MR) is 74.1 cm³/mol. The smallest absolute Gasteiger partial charge is 0.242 e. The molecule has 5 nitrogen and oxygen atoms in total. The number of oxazole rings is 1. The van der Waals surface area contributed by atoms with Gasteiger partial charge in [0.15, 0.2) is 0 Å². The Labute approximate surface area is 124 Å². The highest BCUT2D eigenvalue weighted by Crippen LogP contribution is 2.24. The van der Waals surface area contributed by atoms with E-state index in [0.717, 1.165) is 12.1 Å². The summed E-state index contributed by atoms with van der Waals surface area (Å²) in [4.78, 5) is 3.92. The first kappa shape index (κ1) is 15.1. The van der Waals surface area contributed by atoms with Crippen LogP contribution >= 0.6 is 15.9 Å². The highest BCUT2D eigenvalue weighted by Gasteiger charge is 2.23. The maximum atomic E-state index is 13.0. The molecule has 2 aromatic rings. The van der Waals surface area contributed by atoms with Crippen molar-refractivity contribution in [3.05, 3.63) is 46.3 Å². The van der Waals surface area contributed by atoms with Gasteiger partial charge in [0.25, 0.3) is 0 Å². The molecule has 1 unspecified atom stereocenters. The van der Waals surface area contributed by atoms with E-state index in [4.69, 9.17) is 4.42 Å². The van der Waals surface area contributed by atoms with Crippen LogP contribution in [0.2, 0.25) is 0 Å². The van der Waals surface area contributed by atoms with Crippen molar-refractivity contribution in [3.63, 3.8) is 0 Å². The highest BCUT2D eigenvalue weighted by atomic mass is 79.9. The summed E-state index contributed by atoms with van der Waals surface area (Å²) in [6, 6.07) is 2.73. The summed E-state index contributed by atoms with van der Waals surface area (Å²) in [5, 5.41) is 0. The topological polar surface area (TPSA) is 72.2 Å². The lowest BCUT2D eigenvalue weighted by Gasteiger charge is -2.12. The molecule has 1 heterocycles. The fourth-order valence-electron chi connectivity index (χ4n) is 1.61. The minimum atomic E-state index is -3.81. The second-order valence-electron chi connectivity index (χ2n) is 4.23. The van der Waals surface area contributed by atoms with Gasteiger partial charge in [0, 0.05) is 4.47 Å². The molecular formula is C12H12BrFN2O3S. The van der Waals surface area contributed by atoms with Gasteiger partial charge >= 0.3 is 0 Å². The van der Waals surface area contributed by atoms with E-state index >= 15 is 0 Å². The number of aryl methyl sites for hydroxylation is 1. The molecule has 0 radical (unpaired) electrons. The van der Waals surface area contributed by atoms with Gasteiger partial charge in [0.1, 0.15) is 11.6 Å². The maximum Gasteiger partial charge on any atom is 0.242 e. The summed E-state index contributed by atoms with van der Waals surface area (Å²) in [5.41, 5.74) is 0. The summed E-state index contributed by atoms with van der Waals surface area (Å²) in [6.07, 6.45) is 1.51. The summed E-state index contributed by atoms with van der Waals surface area (Å²) >= 11 is 3.03. The van der Waals surface area contributed by atoms with Gasteiger partial charge in [0.2, 0.25) is 15.9 Å². The molecule has 1 N–H and O–H groups in total. The van der Waals surface area contributed by atoms with Gasteiger partial charge in [0.05, 0.1) is 17.1 Å². The predicted octanol–water partition coefficient (Wildman–Crippen LogP) is 2.92. The van der Waals surface area contributed by atoms with Crippen molar-refractivity contribution in [1.82, 2.24) is 9.71 Å². The number of halogens is 2. The minimum Gasteiger partial charge on any atom is -0.444 e. The second-order valence-corrected chi connectivity index (χ2v) is 6.76. The first-order chi connectivity index (χ1) is 9.29. The van der Waals surface area contributed by atoms with Crippen molar-refractivity contribution < 1.29 is 17.2 Å². The molecule has 108 valence electrons. The quantitative estimate of drug-likeness (QED) is 0.907. The Kier molecular flexibility index (Phi) is 4.26.